The number of aromatic nitrogens is 2. The maximum Gasteiger partial charge on any atom is 0.233 e. The van der Waals surface area contributed by atoms with Gasteiger partial charge in [0.2, 0.25) is 5.91 Å². The zero-order valence-electron chi connectivity index (χ0n) is 18.7. The molecule has 1 atom stereocenters. The minimum absolute atomic E-state index is 0.0367. The number of para-hydroxylation sites is 2. The normalized spacial score (nSPS) is 16.2. The third-order valence-corrected chi connectivity index (χ3v) is 6.01. The quantitative estimate of drug-likeness (QED) is 0.385. The maximum atomic E-state index is 13.7. The van der Waals surface area contributed by atoms with Gasteiger partial charge in [-0.1, -0.05) is 87.5 Å². The summed E-state index contributed by atoms with van der Waals surface area (Å²) in [6, 6.07) is 30.3. The molecule has 5 rings (SSSR count). The third-order valence-electron chi connectivity index (χ3n) is 6.01. The predicted octanol–water partition coefficient (Wildman–Crippen LogP) is 6.37. The summed E-state index contributed by atoms with van der Waals surface area (Å²) in [5.74, 6) is 0.887. The van der Waals surface area contributed by atoms with Gasteiger partial charge in [0, 0.05) is 23.3 Å². The molecule has 1 amide bonds. The second-order valence-corrected chi connectivity index (χ2v) is 9.32. The largest absolute Gasteiger partial charge is 0.274 e. The zero-order valence-corrected chi connectivity index (χ0v) is 18.7. The van der Waals surface area contributed by atoms with Crippen LogP contribution in [0.4, 0.5) is 11.5 Å². The van der Waals surface area contributed by atoms with Crippen LogP contribution in [0.1, 0.15) is 49.9 Å². The van der Waals surface area contributed by atoms with Crippen molar-refractivity contribution < 1.29 is 4.79 Å². The van der Waals surface area contributed by atoms with Crippen LogP contribution in [0, 0.1) is 0 Å². The Hall–Kier alpha value is -3.66. The molecule has 0 spiro atoms. The van der Waals surface area contributed by atoms with Gasteiger partial charge in [-0.15, -0.1) is 0 Å². The van der Waals surface area contributed by atoms with Gasteiger partial charge in [-0.25, -0.2) is 4.68 Å². The average molecular weight is 422 g/mol. The second kappa shape index (κ2) is 7.79. The molecule has 0 radical (unpaired) electrons. The monoisotopic (exact) mass is 421 g/mol. The third kappa shape index (κ3) is 3.42. The van der Waals surface area contributed by atoms with E-state index in [9.17, 15) is 4.79 Å². The summed E-state index contributed by atoms with van der Waals surface area (Å²) in [4.78, 5) is 15.5. The highest BCUT2D eigenvalue weighted by Gasteiger charge is 2.41. The lowest BCUT2D eigenvalue weighted by Gasteiger charge is -2.34. The Labute approximate surface area is 189 Å². The van der Waals surface area contributed by atoms with Gasteiger partial charge in [-0.3, -0.25) is 9.69 Å². The molecule has 0 N–H and O–H groups in total. The van der Waals surface area contributed by atoms with Crippen LogP contribution in [-0.4, -0.2) is 15.7 Å². The lowest BCUT2D eigenvalue weighted by atomic mass is 9.79. The van der Waals surface area contributed by atoms with Crippen LogP contribution in [-0.2, 0) is 10.2 Å². The van der Waals surface area contributed by atoms with E-state index in [1.165, 1.54) is 0 Å². The molecule has 1 aliphatic heterocycles. The number of benzene rings is 3. The van der Waals surface area contributed by atoms with Gasteiger partial charge in [0.15, 0.2) is 0 Å². The Balaban J connectivity index is 1.85. The van der Waals surface area contributed by atoms with Crippen molar-refractivity contribution in [3.63, 3.8) is 0 Å². The van der Waals surface area contributed by atoms with Gasteiger partial charge in [0.1, 0.15) is 5.82 Å². The summed E-state index contributed by atoms with van der Waals surface area (Å²) in [5.41, 5.74) is 4.94. The number of carbonyl (C=O) groups excluding carboxylic acids is 1. The second-order valence-electron chi connectivity index (χ2n) is 9.32. The number of amides is 1. The topological polar surface area (TPSA) is 38.1 Å². The Morgan fingerprint density at radius 2 is 1.31 bits per heavy atom. The Kier molecular flexibility index (Phi) is 4.93. The predicted molar refractivity (Wildman–Crippen MR) is 129 cm³/mol. The maximum absolute atomic E-state index is 13.7. The van der Waals surface area contributed by atoms with Crippen LogP contribution in [0.15, 0.2) is 91.0 Å². The van der Waals surface area contributed by atoms with Crippen molar-refractivity contribution in [3.05, 3.63) is 108 Å². The Morgan fingerprint density at radius 3 is 1.88 bits per heavy atom. The van der Waals surface area contributed by atoms with Crippen LogP contribution in [0.2, 0.25) is 0 Å². The van der Waals surface area contributed by atoms with Crippen molar-refractivity contribution >= 4 is 17.4 Å². The molecule has 1 aliphatic rings. The Bertz CT molecular complexity index is 1240. The fourth-order valence-corrected chi connectivity index (χ4v) is 4.56. The molecule has 3 aromatic carbocycles. The first-order chi connectivity index (χ1) is 15.4. The summed E-state index contributed by atoms with van der Waals surface area (Å²) in [6.45, 7) is 6.57. The molecule has 0 fully saturated rings. The van der Waals surface area contributed by atoms with Crippen molar-refractivity contribution in [1.29, 1.82) is 0 Å². The standard InChI is InChI=1S/C28H27N3O/c1-28(2,3)26-25-23(20-13-7-4-8-14-20)19-24(32)30(21-15-9-5-10-16-21)27(25)31(29-26)22-17-11-6-12-18-22/h4-18,23H,19H2,1-3H3/t23-/m1/s1. The molecule has 2 heterocycles. The molecule has 0 unspecified atom stereocenters. The van der Waals surface area contributed by atoms with Gasteiger partial charge in [0.25, 0.3) is 0 Å². The molecule has 0 saturated heterocycles. The van der Waals surface area contributed by atoms with Gasteiger partial charge < -0.3 is 0 Å². The van der Waals surface area contributed by atoms with Crippen molar-refractivity contribution in [3.8, 4) is 5.69 Å². The highest BCUT2D eigenvalue weighted by molar-refractivity contribution is 6.03. The number of nitrogens with zero attached hydrogens (tertiary/aromatic N) is 3. The molecule has 0 aliphatic carbocycles. The number of anilines is 2. The average Bonchev–Trinajstić information content (AvgIpc) is 3.21. The number of carbonyl (C=O) groups is 1. The number of hydrogen-bond acceptors (Lipinski definition) is 2. The minimum atomic E-state index is -0.181. The van der Waals surface area contributed by atoms with Crippen LogP contribution < -0.4 is 4.90 Å². The molecule has 4 heteroatoms. The van der Waals surface area contributed by atoms with E-state index in [1.54, 1.807) is 0 Å². The van der Waals surface area contributed by atoms with E-state index in [0.29, 0.717) is 6.42 Å². The fourth-order valence-electron chi connectivity index (χ4n) is 4.56. The van der Waals surface area contributed by atoms with Crippen LogP contribution in [0.25, 0.3) is 5.69 Å². The lowest BCUT2D eigenvalue weighted by Crippen LogP contribution is -2.35. The van der Waals surface area contributed by atoms with Crippen molar-refractivity contribution in [2.24, 2.45) is 0 Å². The van der Waals surface area contributed by atoms with E-state index in [0.717, 1.165) is 34.0 Å². The summed E-state index contributed by atoms with van der Waals surface area (Å²) in [6.07, 6.45) is 0.412. The molecule has 32 heavy (non-hydrogen) atoms. The zero-order chi connectivity index (χ0) is 22.3. The molecule has 1 aromatic heterocycles. The van der Waals surface area contributed by atoms with Crippen molar-refractivity contribution in [2.75, 3.05) is 4.90 Å². The Morgan fingerprint density at radius 1 is 0.781 bits per heavy atom. The molecule has 160 valence electrons. The van der Waals surface area contributed by atoms with Crippen molar-refractivity contribution in [1.82, 2.24) is 9.78 Å². The summed E-state index contributed by atoms with van der Waals surface area (Å²) in [5, 5.41) is 5.14. The van der Waals surface area contributed by atoms with Gasteiger partial charge in [-0.05, 0) is 29.8 Å². The first-order valence-electron chi connectivity index (χ1n) is 11.1. The molecule has 0 bridgehead atoms. The number of fused-ring (bicyclic) bond motifs is 1. The van der Waals surface area contributed by atoms with E-state index in [4.69, 9.17) is 5.10 Å². The van der Waals surface area contributed by atoms with Gasteiger partial charge in [0.05, 0.1) is 17.1 Å². The minimum Gasteiger partial charge on any atom is -0.274 e. The lowest BCUT2D eigenvalue weighted by molar-refractivity contribution is -0.118. The highest BCUT2D eigenvalue weighted by Crippen LogP contribution is 2.48. The van der Waals surface area contributed by atoms with Crippen LogP contribution in [0.5, 0.6) is 0 Å². The number of hydrogen-bond donors (Lipinski definition) is 0. The van der Waals surface area contributed by atoms with E-state index in [-0.39, 0.29) is 17.2 Å². The summed E-state index contributed by atoms with van der Waals surface area (Å²) >= 11 is 0. The summed E-state index contributed by atoms with van der Waals surface area (Å²) in [7, 11) is 0. The van der Waals surface area contributed by atoms with Crippen LogP contribution in [0.3, 0.4) is 0 Å². The summed E-state index contributed by atoms with van der Waals surface area (Å²) < 4.78 is 1.95. The molecule has 4 nitrogen and oxygen atoms in total. The highest BCUT2D eigenvalue weighted by atomic mass is 16.2. The van der Waals surface area contributed by atoms with E-state index < -0.39 is 0 Å². The molecule has 0 saturated carbocycles. The van der Waals surface area contributed by atoms with E-state index in [1.807, 2.05) is 88.4 Å². The van der Waals surface area contributed by atoms with Gasteiger partial charge in [-0.2, -0.15) is 5.10 Å². The van der Waals surface area contributed by atoms with Gasteiger partial charge >= 0.3 is 0 Å². The van der Waals surface area contributed by atoms with Crippen molar-refractivity contribution in [2.45, 2.75) is 38.5 Å². The van der Waals surface area contributed by atoms with Crippen LogP contribution >= 0.6 is 0 Å². The first-order valence-corrected chi connectivity index (χ1v) is 11.1. The first kappa shape index (κ1) is 20.3. The fraction of sp³-hybridized carbons (Fsp3) is 0.214. The molecular weight excluding hydrogens is 394 g/mol. The molecular formula is C28H27N3O. The van der Waals surface area contributed by atoms with E-state index in [2.05, 4.69) is 32.9 Å². The molecule has 4 aromatic rings. The SMILES string of the molecule is CC(C)(C)c1nn(-c2ccccc2)c2c1[C@@H](c1ccccc1)CC(=O)N2c1ccccc1. The van der Waals surface area contributed by atoms with E-state index >= 15 is 0 Å². The smallest absolute Gasteiger partial charge is 0.233 e. The number of rotatable bonds is 3.